The summed E-state index contributed by atoms with van der Waals surface area (Å²) < 4.78 is 2.17. The lowest BCUT2D eigenvalue weighted by molar-refractivity contribution is 0.885. The minimum Gasteiger partial charge on any atom is -0.270 e. The summed E-state index contributed by atoms with van der Waals surface area (Å²) in [5, 5.41) is 12.6. The zero-order chi connectivity index (χ0) is 21.0. The van der Waals surface area contributed by atoms with Gasteiger partial charge in [-0.1, -0.05) is 104 Å². The van der Waals surface area contributed by atoms with Crippen LogP contribution in [0.25, 0.3) is 27.8 Å². The molecule has 5 aromatic rings. The van der Waals surface area contributed by atoms with Crippen LogP contribution in [0.1, 0.15) is 18.1 Å². The van der Waals surface area contributed by atoms with Crippen molar-refractivity contribution in [1.29, 1.82) is 0 Å². The van der Waals surface area contributed by atoms with Gasteiger partial charge in [-0.05, 0) is 40.5 Å². The molecule has 31 heavy (non-hydrogen) atoms. The maximum Gasteiger partial charge on any atom is 0.196 e. The Morgan fingerprint density at radius 2 is 1.48 bits per heavy atom. The van der Waals surface area contributed by atoms with Crippen molar-refractivity contribution in [3.8, 4) is 17.1 Å². The van der Waals surface area contributed by atoms with Gasteiger partial charge in [0, 0.05) is 17.0 Å². The van der Waals surface area contributed by atoms with Gasteiger partial charge in [0.2, 0.25) is 0 Å². The lowest BCUT2D eigenvalue weighted by Crippen LogP contribution is -2.00. The first kappa shape index (κ1) is 19.6. The van der Waals surface area contributed by atoms with E-state index in [1.165, 1.54) is 21.9 Å². The first-order chi connectivity index (χ1) is 15.3. The minimum absolute atomic E-state index is 0.835. The van der Waals surface area contributed by atoms with Crippen LogP contribution in [0, 0.1) is 0 Å². The Hall–Kier alpha value is -3.37. The summed E-state index contributed by atoms with van der Waals surface area (Å²) in [6.07, 6.45) is 1.02. The maximum absolute atomic E-state index is 4.58. The molecule has 5 rings (SSSR count). The molecule has 4 heteroatoms. The van der Waals surface area contributed by atoms with Crippen LogP contribution < -0.4 is 0 Å². The minimum atomic E-state index is 0.835. The van der Waals surface area contributed by atoms with Gasteiger partial charge < -0.3 is 0 Å². The molecule has 0 spiro atoms. The average Bonchev–Trinajstić information content (AvgIpc) is 3.27. The zero-order valence-corrected chi connectivity index (χ0v) is 18.2. The fraction of sp³-hybridized carbons (Fsp3) is 0.111. The summed E-state index contributed by atoms with van der Waals surface area (Å²) in [6.45, 7) is 2.18. The Morgan fingerprint density at radius 1 is 0.742 bits per heavy atom. The number of benzene rings is 4. The third-order valence-corrected chi connectivity index (χ3v) is 6.48. The van der Waals surface area contributed by atoms with Crippen molar-refractivity contribution in [3.63, 3.8) is 0 Å². The van der Waals surface area contributed by atoms with Gasteiger partial charge in [-0.25, -0.2) is 0 Å². The zero-order valence-electron chi connectivity index (χ0n) is 17.4. The van der Waals surface area contributed by atoms with Crippen LogP contribution >= 0.6 is 11.8 Å². The third kappa shape index (κ3) is 3.99. The average molecular weight is 422 g/mol. The van der Waals surface area contributed by atoms with Gasteiger partial charge in [-0.2, -0.15) is 0 Å². The van der Waals surface area contributed by atoms with Gasteiger partial charge in [0.15, 0.2) is 11.0 Å². The highest BCUT2D eigenvalue weighted by atomic mass is 32.2. The van der Waals surface area contributed by atoms with E-state index in [-0.39, 0.29) is 0 Å². The van der Waals surface area contributed by atoms with Crippen molar-refractivity contribution >= 4 is 22.5 Å². The SMILES string of the molecule is CCc1ccc(-n2c(SCc3cccc4ccccc34)nnc2-c2ccccc2)cc1. The Bertz CT molecular complexity index is 1300. The first-order valence-electron chi connectivity index (χ1n) is 10.5. The normalized spacial score (nSPS) is 11.1. The lowest BCUT2D eigenvalue weighted by atomic mass is 10.1. The van der Waals surface area contributed by atoms with Crippen LogP contribution in [0.3, 0.4) is 0 Å². The molecule has 0 saturated heterocycles. The van der Waals surface area contributed by atoms with Crippen molar-refractivity contribution in [3.05, 3.63) is 108 Å². The first-order valence-corrected chi connectivity index (χ1v) is 11.5. The number of hydrogen-bond acceptors (Lipinski definition) is 3. The summed E-state index contributed by atoms with van der Waals surface area (Å²) in [7, 11) is 0. The number of aryl methyl sites for hydroxylation is 1. The van der Waals surface area contributed by atoms with Crippen LogP contribution in [0.2, 0.25) is 0 Å². The van der Waals surface area contributed by atoms with Gasteiger partial charge in [-0.3, -0.25) is 4.57 Å². The molecule has 0 amide bonds. The smallest absolute Gasteiger partial charge is 0.196 e. The second-order valence-corrected chi connectivity index (χ2v) is 8.40. The van der Waals surface area contributed by atoms with Crippen LogP contribution in [0.5, 0.6) is 0 Å². The summed E-state index contributed by atoms with van der Waals surface area (Å²) in [5.41, 5.74) is 4.77. The molecule has 0 saturated carbocycles. The van der Waals surface area contributed by atoms with Crippen LogP contribution in [-0.2, 0) is 12.2 Å². The number of nitrogens with zero attached hydrogens (tertiary/aromatic N) is 3. The molecule has 152 valence electrons. The molecule has 0 aliphatic rings. The molecule has 0 aliphatic carbocycles. The van der Waals surface area contributed by atoms with Crippen LogP contribution in [0.4, 0.5) is 0 Å². The van der Waals surface area contributed by atoms with Crippen molar-refractivity contribution in [2.24, 2.45) is 0 Å². The van der Waals surface area contributed by atoms with Crippen LogP contribution in [-0.4, -0.2) is 14.8 Å². The van der Waals surface area contributed by atoms with E-state index in [0.717, 1.165) is 34.4 Å². The number of hydrogen-bond donors (Lipinski definition) is 0. The highest BCUT2D eigenvalue weighted by Crippen LogP contribution is 2.31. The fourth-order valence-corrected chi connectivity index (χ4v) is 4.77. The van der Waals surface area contributed by atoms with Gasteiger partial charge >= 0.3 is 0 Å². The van der Waals surface area contributed by atoms with Gasteiger partial charge in [0.25, 0.3) is 0 Å². The molecule has 1 heterocycles. The molecule has 0 bridgehead atoms. The molecule has 4 aromatic carbocycles. The molecule has 0 radical (unpaired) electrons. The van der Waals surface area contributed by atoms with E-state index in [2.05, 4.69) is 101 Å². The maximum atomic E-state index is 4.58. The number of aromatic nitrogens is 3. The molecule has 3 nitrogen and oxygen atoms in total. The summed E-state index contributed by atoms with van der Waals surface area (Å²) in [6, 6.07) is 34.0. The van der Waals surface area contributed by atoms with E-state index in [1.54, 1.807) is 11.8 Å². The number of rotatable bonds is 6. The third-order valence-electron chi connectivity index (χ3n) is 5.50. The second-order valence-electron chi connectivity index (χ2n) is 7.45. The molecule has 1 aromatic heterocycles. The van der Waals surface area contributed by atoms with Crippen molar-refractivity contribution in [2.75, 3.05) is 0 Å². The van der Waals surface area contributed by atoms with E-state index < -0.39 is 0 Å². The molecule has 0 unspecified atom stereocenters. The predicted octanol–water partition coefficient (Wildman–Crippen LogP) is 6.94. The van der Waals surface area contributed by atoms with E-state index in [9.17, 15) is 0 Å². The quantitative estimate of drug-likeness (QED) is 0.278. The van der Waals surface area contributed by atoms with E-state index in [0.29, 0.717) is 0 Å². The van der Waals surface area contributed by atoms with Crippen LogP contribution in [0.15, 0.2) is 102 Å². The van der Waals surface area contributed by atoms with E-state index in [4.69, 9.17) is 0 Å². The molecule has 0 fully saturated rings. The summed E-state index contributed by atoms with van der Waals surface area (Å²) in [4.78, 5) is 0. The highest BCUT2D eigenvalue weighted by Gasteiger charge is 2.16. The Kier molecular flexibility index (Phi) is 5.55. The number of fused-ring (bicyclic) bond motifs is 1. The molecule has 0 aliphatic heterocycles. The van der Waals surface area contributed by atoms with E-state index >= 15 is 0 Å². The Morgan fingerprint density at radius 3 is 2.29 bits per heavy atom. The monoisotopic (exact) mass is 421 g/mol. The highest BCUT2D eigenvalue weighted by molar-refractivity contribution is 7.98. The fourth-order valence-electron chi connectivity index (χ4n) is 3.81. The standard InChI is InChI=1S/C27H23N3S/c1-2-20-15-17-24(18-16-20)30-26(22-10-4-3-5-11-22)28-29-27(30)31-19-23-13-8-12-21-9-6-7-14-25(21)23/h3-18H,2,19H2,1H3. The second kappa shape index (κ2) is 8.78. The molecular formula is C27H23N3S. The van der Waals surface area contributed by atoms with Crippen molar-refractivity contribution in [2.45, 2.75) is 24.3 Å². The predicted molar refractivity (Wildman–Crippen MR) is 130 cm³/mol. The van der Waals surface area contributed by atoms with E-state index in [1.807, 2.05) is 18.2 Å². The van der Waals surface area contributed by atoms with Gasteiger partial charge in [-0.15, -0.1) is 10.2 Å². The Labute approximate surface area is 186 Å². The van der Waals surface area contributed by atoms with Crippen molar-refractivity contribution < 1.29 is 0 Å². The summed E-state index contributed by atoms with van der Waals surface area (Å²) in [5.74, 6) is 1.70. The topological polar surface area (TPSA) is 30.7 Å². The molecule has 0 atom stereocenters. The van der Waals surface area contributed by atoms with Gasteiger partial charge in [0.1, 0.15) is 0 Å². The lowest BCUT2D eigenvalue weighted by Gasteiger charge is -2.12. The van der Waals surface area contributed by atoms with Crippen molar-refractivity contribution in [1.82, 2.24) is 14.8 Å². The summed E-state index contributed by atoms with van der Waals surface area (Å²) >= 11 is 1.72. The molecule has 0 N–H and O–H groups in total. The largest absolute Gasteiger partial charge is 0.270 e. The molecular weight excluding hydrogens is 398 g/mol. The van der Waals surface area contributed by atoms with Gasteiger partial charge in [0.05, 0.1) is 0 Å². The number of thioether (sulfide) groups is 1. The Balaban J connectivity index is 1.54.